The number of unbranched alkanes of at least 4 members (excludes halogenated alkanes) is 12. The second-order valence-corrected chi connectivity index (χ2v) is 6.46. The molecule has 21 heavy (non-hydrogen) atoms. The van der Waals surface area contributed by atoms with Crippen LogP contribution in [-0.2, 0) is 9.53 Å². The number of aliphatic carboxylic acids is 1. The summed E-state index contributed by atoms with van der Waals surface area (Å²) in [5.74, 6) is -0.797. The molecule has 1 aliphatic rings. The van der Waals surface area contributed by atoms with Gasteiger partial charge in [-0.05, 0) is 6.42 Å². The molecule has 0 spiro atoms. The minimum atomic E-state index is -0.797. The van der Waals surface area contributed by atoms with Crippen molar-refractivity contribution in [2.24, 2.45) is 0 Å². The molecule has 124 valence electrons. The third kappa shape index (κ3) is 9.89. The Balaban J connectivity index is 1.69. The van der Waals surface area contributed by atoms with Gasteiger partial charge in [0, 0.05) is 0 Å². The first kappa shape index (κ1) is 18.5. The lowest BCUT2D eigenvalue weighted by molar-refractivity contribution is -0.138. The van der Waals surface area contributed by atoms with Crippen LogP contribution in [0.4, 0.5) is 0 Å². The van der Waals surface area contributed by atoms with Crippen molar-refractivity contribution in [3.63, 3.8) is 0 Å². The van der Waals surface area contributed by atoms with Crippen molar-refractivity contribution in [1.29, 1.82) is 0 Å². The van der Waals surface area contributed by atoms with Gasteiger partial charge in [-0.1, -0.05) is 90.4 Å². The predicted molar refractivity (Wildman–Crippen MR) is 86.6 cm³/mol. The molecule has 0 unspecified atom stereocenters. The summed E-state index contributed by atoms with van der Waals surface area (Å²) in [5.41, 5.74) is 0. The van der Waals surface area contributed by atoms with E-state index in [4.69, 9.17) is 9.84 Å². The zero-order valence-corrected chi connectivity index (χ0v) is 13.8. The number of carboxylic acid groups (broad SMARTS) is 1. The molecule has 1 aliphatic heterocycles. The fourth-order valence-electron chi connectivity index (χ4n) is 2.94. The summed E-state index contributed by atoms with van der Waals surface area (Å²) in [6.45, 7) is 2.27. The van der Waals surface area contributed by atoms with Gasteiger partial charge in [0.2, 0.25) is 0 Å². The average Bonchev–Trinajstić information content (AvgIpc) is 3.24. The molecule has 1 N–H and O–H groups in total. The molecule has 0 bridgehead atoms. The van der Waals surface area contributed by atoms with E-state index in [1.165, 1.54) is 77.0 Å². The number of carboxylic acids is 1. The molecule has 2 atom stereocenters. The molecular formula is C18H34O3. The van der Waals surface area contributed by atoms with Crippen LogP contribution in [0.15, 0.2) is 0 Å². The quantitative estimate of drug-likeness (QED) is 0.329. The molecule has 0 aromatic heterocycles. The molecule has 0 aromatic carbocycles. The van der Waals surface area contributed by atoms with E-state index >= 15 is 0 Å². The Morgan fingerprint density at radius 2 is 1.24 bits per heavy atom. The maximum atomic E-state index is 10.6. The van der Waals surface area contributed by atoms with Crippen molar-refractivity contribution in [3.8, 4) is 0 Å². The van der Waals surface area contributed by atoms with Crippen LogP contribution in [0.25, 0.3) is 0 Å². The number of epoxide rings is 1. The lowest BCUT2D eigenvalue weighted by Gasteiger charge is -2.02. The molecule has 0 aliphatic carbocycles. The lowest BCUT2D eigenvalue weighted by Crippen LogP contribution is -2.07. The van der Waals surface area contributed by atoms with E-state index in [0.29, 0.717) is 0 Å². The van der Waals surface area contributed by atoms with Crippen LogP contribution in [0.2, 0.25) is 0 Å². The average molecular weight is 298 g/mol. The van der Waals surface area contributed by atoms with Crippen molar-refractivity contribution in [3.05, 3.63) is 0 Å². The number of rotatable bonds is 15. The van der Waals surface area contributed by atoms with Crippen molar-refractivity contribution in [2.45, 2.75) is 109 Å². The summed E-state index contributed by atoms with van der Waals surface area (Å²) < 4.78 is 5.09. The molecular weight excluding hydrogens is 264 g/mol. The smallest absolute Gasteiger partial charge is 0.335 e. The van der Waals surface area contributed by atoms with Gasteiger partial charge in [-0.25, -0.2) is 4.79 Å². The monoisotopic (exact) mass is 298 g/mol. The van der Waals surface area contributed by atoms with Gasteiger partial charge in [0.1, 0.15) is 0 Å². The molecule has 0 radical (unpaired) electrons. The minimum absolute atomic E-state index is 0.00945. The SMILES string of the molecule is CCCCCCCCCCCCCCC[C@@H]1O[C@@H]1C(=O)O. The van der Waals surface area contributed by atoms with Gasteiger partial charge < -0.3 is 9.84 Å². The van der Waals surface area contributed by atoms with Crippen LogP contribution in [-0.4, -0.2) is 23.3 Å². The topological polar surface area (TPSA) is 49.8 Å². The zero-order chi connectivity index (χ0) is 15.3. The Morgan fingerprint density at radius 1 is 0.810 bits per heavy atom. The van der Waals surface area contributed by atoms with Crippen LogP contribution < -0.4 is 0 Å². The van der Waals surface area contributed by atoms with Gasteiger partial charge in [0.15, 0.2) is 6.10 Å². The van der Waals surface area contributed by atoms with Crippen LogP contribution in [0.5, 0.6) is 0 Å². The summed E-state index contributed by atoms with van der Waals surface area (Å²) in [7, 11) is 0. The fourth-order valence-corrected chi connectivity index (χ4v) is 2.94. The molecule has 3 nitrogen and oxygen atoms in total. The highest BCUT2D eigenvalue weighted by Crippen LogP contribution is 2.27. The Hall–Kier alpha value is -0.570. The summed E-state index contributed by atoms with van der Waals surface area (Å²) in [6, 6.07) is 0. The first-order chi connectivity index (χ1) is 10.3. The van der Waals surface area contributed by atoms with E-state index in [1.54, 1.807) is 0 Å². The third-order valence-corrected chi connectivity index (χ3v) is 4.42. The Labute approximate surface area is 130 Å². The predicted octanol–water partition coefficient (Wildman–Crippen LogP) is 5.32. The summed E-state index contributed by atoms with van der Waals surface area (Å²) in [4.78, 5) is 10.6. The molecule has 1 saturated heterocycles. The maximum absolute atomic E-state index is 10.6. The first-order valence-electron chi connectivity index (χ1n) is 9.14. The largest absolute Gasteiger partial charge is 0.479 e. The molecule has 3 heteroatoms. The van der Waals surface area contributed by atoms with Crippen molar-refractivity contribution in [2.75, 3.05) is 0 Å². The normalized spacial score (nSPS) is 20.6. The van der Waals surface area contributed by atoms with E-state index in [-0.39, 0.29) is 6.10 Å². The number of ether oxygens (including phenoxy) is 1. The van der Waals surface area contributed by atoms with E-state index < -0.39 is 12.1 Å². The standard InChI is InChI=1S/C18H34O3/c1-2-3-4-5-6-7-8-9-10-11-12-13-14-15-16-17(21-16)18(19)20/h16-17H,2-15H2,1H3,(H,19,20)/t16-,17-/m0/s1. The van der Waals surface area contributed by atoms with Gasteiger partial charge in [0.25, 0.3) is 0 Å². The van der Waals surface area contributed by atoms with Gasteiger partial charge in [0.05, 0.1) is 6.10 Å². The Kier molecular flexibility index (Phi) is 10.6. The number of hydrogen-bond acceptors (Lipinski definition) is 2. The van der Waals surface area contributed by atoms with Crippen LogP contribution in [0.1, 0.15) is 96.8 Å². The highest BCUT2D eigenvalue weighted by Gasteiger charge is 2.44. The fraction of sp³-hybridized carbons (Fsp3) is 0.944. The van der Waals surface area contributed by atoms with Gasteiger partial charge >= 0.3 is 5.97 Å². The van der Waals surface area contributed by atoms with Gasteiger partial charge in [-0.2, -0.15) is 0 Å². The number of carbonyl (C=O) groups is 1. The molecule has 0 saturated carbocycles. The zero-order valence-electron chi connectivity index (χ0n) is 13.8. The van der Waals surface area contributed by atoms with Gasteiger partial charge in [-0.3, -0.25) is 0 Å². The summed E-state index contributed by atoms with van der Waals surface area (Å²) in [5, 5.41) is 8.70. The molecule has 1 heterocycles. The second kappa shape index (κ2) is 12.0. The van der Waals surface area contributed by atoms with Crippen molar-refractivity contribution in [1.82, 2.24) is 0 Å². The summed E-state index contributed by atoms with van der Waals surface area (Å²) >= 11 is 0. The molecule has 0 amide bonds. The Morgan fingerprint density at radius 3 is 1.62 bits per heavy atom. The van der Waals surface area contributed by atoms with E-state index in [2.05, 4.69) is 6.92 Å². The maximum Gasteiger partial charge on any atom is 0.335 e. The van der Waals surface area contributed by atoms with Crippen LogP contribution >= 0.6 is 0 Å². The molecule has 1 fully saturated rings. The van der Waals surface area contributed by atoms with Crippen molar-refractivity contribution >= 4 is 5.97 Å². The molecule has 0 aromatic rings. The van der Waals surface area contributed by atoms with Crippen molar-refractivity contribution < 1.29 is 14.6 Å². The first-order valence-corrected chi connectivity index (χ1v) is 9.14. The molecule has 1 rings (SSSR count). The second-order valence-electron chi connectivity index (χ2n) is 6.46. The van der Waals surface area contributed by atoms with E-state index in [9.17, 15) is 4.79 Å². The van der Waals surface area contributed by atoms with Crippen LogP contribution in [0, 0.1) is 0 Å². The highest BCUT2D eigenvalue weighted by molar-refractivity contribution is 5.75. The Bertz CT molecular complexity index is 265. The van der Waals surface area contributed by atoms with Crippen LogP contribution in [0.3, 0.4) is 0 Å². The highest BCUT2D eigenvalue weighted by atomic mass is 16.6. The summed E-state index contributed by atoms with van der Waals surface area (Å²) in [6.07, 6.45) is 18.0. The van der Waals surface area contributed by atoms with Gasteiger partial charge in [-0.15, -0.1) is 0 Å². The van der Waals surface area contributed by atoms with E-state index in [0.717, 1.165) is 12.8 Å². The third-order valence-electron chi connectivity index (χ3n) is 4.42. The number of hydrogen-bond donors (Lipinski definition) is 1. The minimum Gasteiger partial charge on any atom is -0.479 e. The lowest BCUT2D eigenvalue weighted by atomic mass is 10.0. The van der Waals surface area contributed by atoms with E-state index in [1.807, 2.05) is 0 Å².